The monoisotopic (exact) mass is 271 g/mol. The van der Waals surface area contributed by atoms with Crippen molar-refractivity contribution in [2.45, 2.75) is 6.04 Å². The normalized spacial score (nSPS) is 13.1. The predicted octanol–water partition coefficient (Wildman–Crippen LogP) is 2.29. The van der Waals surface area contributed by atoms with Gasteiger partial charge in [0.05, 0.1) is 22.4 Å². The average molecular weight is 272 g/mol. The van der Waals surface area contributed by atoms with Crippen LogP contribution in [0.4, 0.5) is 0 Å². The predicted molar refractivity (Wildman–Crippen MR) is 61.3 cm³/mol. The average Bonchev–Trinajstić information content (AvgIpc) is 2.75. The molecule has 1 unspecified atom stereocenters. The molecule has 3 nitrogen and oxygen atoms in total. The molecular formula is C9H10BrN3S. The van der Waals surface area contributed by atoms with Gasteiger partial charge in [0.2, 0.25) is 0 Å². The topological polar surface area (TPSA) is 43.8 Å². The minimum atomic E-state index is -0.100. The van der Waals surface area contributed by atoms with E-state index >= 15 is 0 Å². The van der Waals surface area contributed by atoms with Crippen LogP contribution in [0.5, 0.6) is 0 Å². The van der Waals surface area contributed by atoms with E-state index < -0.39 is 0 Å². The molecule has 2 rings (SSSR count). The largest absolute Gasteiger partial charge is 0.318 e. The molecule has 2 heterocycles. The fourth-order valence-electron chi connectivity index (χ4n) is 1.37. The zero-order valence-electron chi connectivity index (χ0n) is 7.64. The number of nitrogens with zero attached hydrogens (tertiary/aromatic N) is 2. The molecule has 0 fully saturated rings. The first-order valence-corrected chi connectivity index (χ1v) is 5.84. The maximum atomic E-state index is 6.13. The Bertz CT molecular complexity index is 402. The van der Waals surface area contributed by atoms with Crippen molar-refractivity contribution in [2.24, 2.45) is 12.8 Å². The molecule has 0 aliphatic carbocycles. The van der Waals surface area contributed by atoms with Crippen LogP contribution in [0, 0.1) is 0 Å². The molecule has 0 amide bonds. The molecule has 2 aromatic rings. The molecule has 0 saturated heterocycles. The lowest BCUT2D eigenvalue weighted by atomic mass is 10.2. The third-order valence-electron chi connectivity index (χ3n) is 2.08. The second-order valence-electron chi connectivity index (χ2n) is 2.99. The number of aryl methyl sites for hydroxylation is 1. The number of hydrogen-bond acceptors (Lipinski definition) is 3. The third kappa shape index (κ3) is 1.63. The molecule has 2 N–H and O–H groups in total. The standard InChI is InChI=1S/C9H10BrN3S/c1-13-9(6(10)5-12-13)8(11)7-3-2-4-14-7/h2-5,8H,11H2,1H3. The lowest BCUT2D eigenvalue weighted by molar-refractivity contribution is 0.676. The quantitative estimate of drug-likeness (QED) is 0.911. The fourth-order valence-corrected chi connectivity index (χ4v) is 2.70. The van der Waals surface area contributed by atoms with E-state index in [9.17, 15) is 0 Å². The molecule has 0 aliphatic heterocycles. The Morgan fingerprint density at radius 1 is 1.64 bits per heavy atom. The van der Waals surface area contributed by atoms with Crippen LogP contribution in [-0.2, 0) is 7.05 Å². The van der Waals surface area contributed by atoms with E-state index in [1.54, 1.807) is 22.2 Å². The van der Waals surface area contributed by atoms with Gasteiger partial charge in [-0.25, -0.2) is 0 Å². The Labute approximate surface area is 94.7 Å². The second kappa shape index (κ2) is 3.84. The fraction of sp³-hybridized carbons (Fsp3) is 0.222. The zero-order chi connectivity index (χ0) is 10.1. The molecule has 0 saturated carbocycles. The van der Waals surface area contributed by atoms with Gasteiger partial charge in [-0.05, 0) is 27.4 Å². The van der Waals surface area contributed by atoms with Gasteiger partial charge >= 0.3 is 0 Å². The SMILES string of the molecule is Cn1ncc(Br)c1C(N)c1cccs1. The maximum absolute atomic E-state index is 6.13. The number of nitrogens with two attached hydrogens (primary N) is 1. The minimum absolute atomic E-state index is 0.100. The van der Waals surface area contributed by atoms with Crippen LogP contribution in [0.1, 0.15) is 16.6 Å². The smallest absolute Gasteiger partial charge is 0.0828 e. The summed E-state index contributed by atoms with van der Waals surface area (Å²) >= 11 is 5.10. The first-order valence-electron chi connectivity index (χ1n) is 4.16. The van der Waals surface area contributed by atoms with E-state index in [1.807, 2.05) is 24.6 Å². The highest BCUT2D eigenvalue weighted by molar-refractivity contribution is 9.10. The number of aromatic nitrogens is 2. The van der Waals surface area contributed by atoms with Crippen molar-refractivity contribution < 1.29 is 0 Å². The first-order chi connectivity index (χ1) is 6.70. The van der Waals surface area contributed by atoms with E-state index in [0.717, 1.165) is 15.0 Å². The Morgan fingerprint density at radius 2 is 2.43 bits per heavy atom. The Kier molecular flexibility index (Phi) is 2.71. The van der Waals surface area contributed by atoms with Gasteiger partial charge in [0.15, 0.2) is 0 Å². The highest BCUT2D eigenvalue weighted by Gasteiger charge is 2.17. The van der Waals surface area contributed by atoms with E-state index in [2.05, 4.69) is 21.0 Å². The highest BCUT2D eigenvalue weighted by atomic mass is 79.9. The lowest BCUT2D eigenvalue weighted by Gasteiger charge is -2.10. The summed E-state index contributed by atoms with van der Waals surface area (Å²) in [5.74, 6) is 0. The van der Waals surface area contributed by atoms with Crippen LogP contribution in [-0.4, -0.2) is 9.78 Å². The summed E-state index contributed by atoms with van der Waals surface area (Å²) in [5.41, 5.74) is 7.13. The molecule has 5 heteroatoms. The van der Waals surface area contributed by atoms with Gasteiger partial charge in [-0.15, -0.1) is 11.3 Å². The second-order valence-corrected chi connectivity index (χ2v) is 4.83. The molecule has 0 bridgehead atoms. The van der Waals surface area contributed by atoms with E-state index in [4.69, 9.17) is 5.73 Å². The molecule has 0 radical (unpaired) electrons. The Hall–Kier alpha value is -0.650. The summed E-state index contributed by atoms with van der Waals surface area (Å²) in [6.07, 6.45) is 1.77. The minimum Gasteiger partial charge on any atom is -0.318 e. The molecular weight excluding hydrogens is 262 g/mol. The van der Waals surface area contributed by atoms with E-state index in [0.29, 0.717) is 0 Å². The van der Waals surface area contributed by atoms with Crippen LogP contribution in [0.15, 0.2) is 28.2 Å². The van der Waals surface area contributed by atoms with Crippen molar-refractivity contribution in [1.29, 1.82) is 0 Å². The van der Waals surface area contributed by atoms with Crippen LogP contribution in [0.25, 0.3) is 0 Å². The first kappa shape index (κ1) is 9.89. The zero-order valence-corrected chi connectivity index (χ0v) is 10.0. The van der Waals surface area contributed by atoms with Crippen LogP contribution in [0.2, 0.25) is 0 Å². The van der Waals surface area contributed by atoms with Crippen molar-refractivity contribution >= 4 is 27.3 Å². The number of halogens is 1. The lowest BCUT2D eigenvalue weighted by Crippen LogP contribution is -2.15. The van der Waals surface area contributed by atoms with Gasteiger partial charge in [0.1, 0.15) is 0 Å². The third-order valence-corrected chi connectivity index (χ3v) is 3.65. The van der Waals surface area contributed by atoms with Crippen molar-refractivity contribution in [3.8, 4) is 0 Å². The molecule has 0 aliphatic rings. The molecule has 1 atom stereocenters. The van der Waals surface area contributed by atoms with Crippen LogP contribution >= 0.6 is 27.3 Å². The van der Waals surface area contributed by atoms with Gasteiger partial charge in [0, 0.05) is 11.9 Å². The highest BCUT2D eigenvalue weighted by Crippen LogP contribution is 2.28. The van der Waals surface area contributed by atoms with Crippen molar-refractivity contribution in [1.82, 2.24) is 9.78 Å². The van der Waals surface area contributed by atoms with Crippen molar-refractivity contribution in [3.63, 3.8) is 0 Å². The number of thiophene rings is 1. The molecule has 2 aromatic heterocycles. The van der Waals surface area contributed by atoms with Crippen molar-refractivity contribution in [2.75, 3.05) is 0 Å². The number of hydrogen-bond donors (Lipinski definition) is 1. The van der Waals surface area contributed by atoms with Gasteiger partial charge in [-0.1, -0.05) is 6.07 Å². The number of rotatable bonds is 2. The summed E-state index contributed by atoms with van der Waals surface area (Å²) in [5, 5.41) is 6.17. The van der Waals surface area contributed by atoms with Gasteiger partial charge in [0.25, 0.3) is 0 Å². The van der Waals surface area contributed by atoms with E-state index in [1.165, 1.54) is 0 Å². The molecule has 14 heavy (non-hydrogen) atoms. The van der Waals surface area contributed by atoms with Crippen molar-refractivity contribution in [3.05, 3.63) is 38.8 Å². The summed E-state index contributed by atoms with van der Waals surface area (Å²) in [7, 11) is 1.90. The van der Waals surface area contributed by atoms with Crippen LogP contribution in [0.3, 0.4) is 0 Å². The summed E-state index contributed by atoms with van der Waals surface area (Å²) in [6, 6.07) is 3.94. The summed E-state index contributed by atoms with van der Waals surface area (Å²) < 4.78 is 2.76. The van der Waals surface area contributed by atoms with Gasteiger partial charge in [-0.3, -0.25) is 4.68 Å². The van der Waals surface area contributed by atoms with Crippen LogP contribution < -0.4 is 5.73 Å². The Morgan fingerprint density at radius 3 is 2.93 bits per heavy atom. The summed E-state index contributed by atoms with van der Waals surface area (Å²) in [6.45, 7) is 0. The molecule has 74 valence electrons. The molecule has 0 aromatic carbocycles. The summed E-state index contributed by atoms with van der Waals surface area (Å²) in [4.78, 5) is 1.15. The molecule has 0 spiro atoms. The van der Waals surface area contributed by atoms with E-state index in [-0.39, 0.29) is 6.04 Å². The maximum Gasteiger partial charge on any atom is 0.0828 e. The van der Waals surface area contributed by atoms with Gasteiger partial charge in [-0.2, -0.15) is 5.10 Å². The Balaban J connectivity index is 2.41. The van der Waals surface area contributed by atoms with Gasteiger partial charge < -0.3 is 5.73 Å².